The summed E-state index contributed by atoms with van der Waals surface area (Å²) in [6.45, 7) is 1.93. The van der Waals surface area contributed by atoms with Gasteiger partial charge in [-0.2, -0.15) is 0 Å². The van der Waals surface area contributed by atoms with Crippen LogP contribution in [0.3, 0.4) is 0 Å². The van der Waals surface area contributed by atoms with E-state index in [1.54, 1.807) is 6.20 Å². The molecule has 0 spiro atoms. The number of benzene rings is 1. The van der Waals surface area contributed by atoms with Crippen LogP contribution in [0.1, 0.15) is 5.56 Å². The van der Waals surface area contributed by atoms with E-state index >= 15 is 0 Å². The molecule has 0 atom stereocenters. The van der Waals surface area contributed by atoms with E-state index < -0.39 is 0 Å². The molecule has 0 fully saturated rings. The smallest absolute Gasteiger partial charge is 0.178 e. The van der Waals surface area contributed by atoms with Crippen molar-refractivity contribution in [3.8, 4) is 22.6 Å². The summed E-state index contributed by atoms with van der Waals surface area (Å²) in [6.07, 6.45) is 1.70. The molecule has 0 radical (unpaired) electrons. The molecule has 100 valence electrons. The highest BCUT2D eigenvalue weighted by atomic mass is 35.5. The second-order valence-electron chi connectivity index (χ2n) is 4.40. The Morgan fingerprint density at radius 1 is 1.15 bits per heavy atom. The van der Waals surface area contributed by atoms with Crippen LogP contribution < -0.4 is 5.73 Å². The van der Waals surface area contributed by atoms with Gasteiger partial charge < -0.3 is 10.3 Å². The van der Waals surface area contributed by atoms with Gasteiger partial charge in [-0.25, -0.2) is 0 Å². The summed E-state index contributed by atoms with van der Waals surface area (Å²) in [5, 5.41) is 4.53. The molecule has 0 saturated carbocycles. The number of rotatable bonds is 2. The molecule has 0 amide bonds. The van der Waals surface area contributed by atoms with Crippen LogP contribution >= 0.6 is 11.6 Å². The minimum absolute atomic E-state index is 0.318. The first-order valence-corrected chi connectivity index (χ1v) is 6.48. The Morgan fingerprint density at radius 3 is 2.75 bits per heavy atom. The molecule has 4 nitrogen and oxygen atoms in total. The highest BCUT2D eigenvalue weighted by Crippen LogP contribution is 2.38. The molecule has 20 heavy (non-hydrogen) atoms. The van der Waals surface area contributed by atoms with Crippen molar-refractivity contribution in [1.29, 1.82) is 0 Å². The molecule has 0 bridgehead atoms. The lowest BCUT2D eigenvalue weighted by atomic mass is 10.0. The van der Waals surface area contributed by atoms with Crippen molar-refractivity contribution in [3.63, 3.8) is 0 Å². The molecule has 3 rings (SSSR count). The van der Waals surface area contributed by atoms with E-state index in [9.17, 15) is 0 Å². The highest BCUT2D eigenvalue weighted by molar-refractivity contribution is 6.31. The Kier molecular flexibility index (Phi) is 3.16. The van der Waals surface area contributed by atoms with Crippen LogP contribution in [-0.2, 0) is 0 Å². The summed E-state index contributed by atoms with van der Waals surface area (Å²) in [5.74, 6) is 0.902. The number of anilines is 1. The summed E-state index contributed by atoms with van der Waals surface area (Å²) in [5.41, 5.74) is 9.12. The molecule has 2 heterocycles. The number of nitrogens with two attached hydrogens (primary N) is 1. The minimum Gasteiger partial charge on any atom is -0.380 e. The van der Waals surface area contributed by atoms with Crippen LogP contribution in [0, 0.1) is 6.92 Å². The van der Waals surface area contributed by atoms with Gasteiger partial charge >= 0.3 is 0 Å². The van der Waals surface area contributed by atoms with Crippen molar-refractivity contribution in [3.05, 3.63) is 53.2 Å². The van der Waals surface area contributed by atoms with Gasteiger partial charge in [-0.3, -0.25) is 4.98 Å². The second-order valence-corrected chi connectivity index (χ2v) is 4.81. The van der Waals surface area contributed by atoms with E-state index in [-0.39, 0.29) is 0 Å². The highest BCUT2D eigenvalue weighted by Gasteiger charge is 2.20. The maximum Gasteiger partial charge on any atom is 0.178 e. The number of halogens is 1. The first kappa shape index (κ1) is 12.7. The number of nitrogens with zero attached hydrogens (tertiary/aromatic N) is 2. The largest absolute Gasteiger partial charge is 0.380 e. The summed E-state index contributed by atoms with van der Waals surface area (Å²) < 4.78 is 5.40. The minimum atomic E-state index is 0.318. The first-order chi connectivity index (χ1) is 9.68. The molecular weight excluding hydrogens is 274 g/mol. The van der Waals surface area contributed by atoms with Crippen LogP contribution in [0.5, 0.6) is 0 Å². The van der Waals surface area contributed by atoms with Crippen molar-refractivity contribution in [2.24, 2.45) is 0 Å². The van der Waals surface area contributed by atoms with Crippen LogP contribution in [0.15, 0.2) is 47.1 Å². The molecule has 1 aromatic carbocycles. The Balaban J connectivity index is 2.24. The summed E-state index contributed by atoms with van der Waals surface area (Å²) in [7, 11) is 0. The van der Waals surface area contributed by atoms with Gasteiger partial charge in [0, 0.05) is 16.8 Å². The van der Waals surface area contributed by atoms with Gasteiger partial charge in [0.1, 0.15) is 0 Å². The van der Waals surface area contributed by atoms with E-state index in [4.69, 9.17) is 21.9 Å². The number of pyridine rings is 1. The van der Waals surface area contributed by atoms with Crippen LogP contribution in [0.2, 0.25) is 5.02 Å². The van der Waals surface area contributed by atoms with Gasteiger partial charge in [0.25, 0.3) is 0 Å². The fourth-order valence-electron chi connectivity index (χ4n) is 2.10. The molecule has 3 aromatic rings. The molecule has 2 N–H and O–H groups in total. The zero-order valence-electron chi connectivity index (χ0n) is 10.8. The maximum atomic E-state index is 6.16. The topological polar surface area (TPSA) is 64.9 Å². The Labute approximate surface area is 121 Å². The second kappa shape index (κ2) is 4.98. The van der Waals surface area contributed by atoms with E-state index in [0.29, 0.717) is 22.2 Å². The van der Waals surface area contributed by atoms with E-state index in [2.05, 4.69) is 10.1 Å². The van der Waals surface area contributed by atoms with Crippen molar-refractivity contribution in [1.82, 2.24) is 10.1 Å². The SMILES string of the molecule is Cc1c(Cl)cccc1-c1onc(N)c1-c1ccccn1. The van der Waals surface area contributed by atoms with Crippen LogP contribution in [0.4, 0.5) is 5.82 Å². The molecule has 0 aliphatic heterocycles. The molecule has 2 aromatic heterocycles. The third-order valence-electron chi connectivity index (χ3n) is 3.15. The Hall–Kier alpha value is -2.33. The lowest BCUT2D eigenvalue weighted by Crippen LogP contribution is -1.91. The van der Waals surface area contributed by atoms with E-state index in [1.807, 2.05) is 43.3 Å². The monoisotopic (exact) mass is 285 g/mol. The van der Waals surface area contributed by atoms with E-state index in [0.717, 1.165) is 16.8 Å². The molecule has 0 aliphatic carbocycles. The normalized spacial score (nSPS) is 10.7. The Morgan fingerprint density at radius 2 is 2.00 bits per heavy atom. The van der Waals surface area contributed by atoms with Crippen LogP contribution in [0.25, 0.3) is 22.6 Å². The predicted molar refractivity (Wildman–Crippen MR) is 79.3 cm³/mol. The molecule has 0 aliphatic rings. The van der Waals surface area contributed by atoms with Gasteiger partial charge in [0.15, 0.2) is 11.6 Å². The van der Waals surface area contributed by atoms with Crippen LogP contribution in [-0.4, -0.2) is 10.1 Å². The maximum absolute atomic E-state index is 6.16. The average molecular weight is 286 g/mol. The van der Waals surface area contributed by atoms with E-state index in [1.165, 1.54) is 0 Å². The van der Waals surface area contributed by atoms with Gasteiger partial charge in [-0.05, 0) is 30.7 Å². The van der Waals surface area contributed by atoms with Crippen molar-refractivity contribution < 1.29 is 4.52 Å². The summed E-state index contributed by atoms with van der Waals surface area (Å²) >= 11 is 6.16. The van der Waals surface area contributed by atoms with Crippen molar-refractivity contribution >= 4 is 17.4 Å². The van der Waals surface area contributed by atoms with Gasteiger partial charge in [-0.15, -0.1) is 0 Å². The quantitative estimate of drug-likeness (QED) is 0.774. The number of hydrogen-bond donors (Lipinski definition) is 1. The standard InChI is InChI=1S/C15H12ClN3O/c1-9-10(5-4-6-11(9)16)14-13(15(17)19-20-14)12-7-2-3-8-18-12/h2-8H,1H3,(H2,17,19). The fourth-order valence-corrected chi connectivity index (χ4v) is 2.27. The average Bonchev–Trinajstić information content (AvgIpc) is 2.84. The zero-order chi connectivity index (χ0) is 14.1. The Bertz CT molecular complexity index is 753. The molecular formula is C15H12ClN3O. The first-order valence-electron chi connectivity index (χ1n) is 6.10. The predicted octanol–water partition coefficient (Wildman–Crippen LogP) is 3.95. The van der Waals surface area contributed by atoms with Gasteiger partial charge in [0.05, 0.1) is 11.3 Å². The third kappa shape index (κ3) is 2.04. The molecule has 5 heteroatoms. The zero-order valence-corrected chi connectivity index (χ0v) is 11.6. The lowest BCUT2D eigenvalue weighted by molar-refractivity contribution is 0.436. The summed E-state index contributed by atoms with van der Waals surface area (Å²) in [6, 6.07) is 11.2. The van der Waals surface area contributed by atoms with Gasteiger partial charge in [0.2, 0.25) is 0 Å². The fraction of sp³-hybridized carbons (Fsp3) is 0.0667. The van der Waals surface area contributed by atoms with Gasteiger partial charge in [-0.1, -0.05) is 35.0 Å². The van der Waals surface area contributed by atoms with Crippen molar-refractivity contribution in [2.75, 3.05) is 5.73 Å². The molecule has 0 saturated heterocycles. The number of hydrogen-bond acceptors (Lipinski definition) is 4. The number of nitrogen functional groups attached to an aromatic ring is 1. The number of aromatic nitrogens is 2. The lowest BCUT2D eigenvalue weighted by Gasteiger charge is -2.06. The molecule has 0 unspecified atom stereocenters. The summed E-state index contributed by atoms with van der Waals surface area (Å²) in [4.78, 5) is 4.31. The third-order valence-corrected chi connectivity index (χ3v) is 3.56. The van der Waals surface area contributed by atoms with Crippen molar-refractivity contribution in [2.45, 2.75) is 6.92 Å².